The minimum atomic E-state index is 0.305. The van der Waals surface area contributed by atoms with Gasteiger partial charge in [-0.05, 0) is 12.8 Å². The van der Waals surface area contributed by atoms with Crippen LogP contribution in [-0.4, -0.2) is 26.5 Å². The third-order valence-corrected chi connectivity index (χ3v) is 1.68. The third-order valence-electron chi connectivity index (χ3n) is 1.41. The van der Waals surface area contributed by atoms with Crippen molar-refractivity contribution in [1.29, 1.82) is 0 Å². The van der Waals surface area contributed by atoms with Crippen molar-refractivity contribution >= 4 is 29.8 Å². The molecule has 0 atom stereocenters. The molecule has 0 aliphatic heterocycles. The quantitative estimate of drug-likeness (QED) is 0.620. The molecule has 0 unspecified atom stereocenters. The van der Waals surface area contributed by atoms with Crippen molar-refractivity contribution in [2.24, 2.45) is 4.99 Å². The summed E-state index contributed by atoms with van der Waals surface area (Å²) in [5.74, 6) is 0.333. The van der Waals surface area contributed by atoms with Gasteiger partial charge in [0.25, 0.3) is 5.95 Å². The second kappa shape index (κ2) is 2.53. The zero-order valence-electron chi connectivity index (χ0n) is 5.98. The first-order chi connectivity index (χ1) is 5.83. The first-order valence-corrected chi connectivity index (χ1v) is 3.53. The zero-order valence-corrected chi connectivity index (χ0v) is 6.73. The summed E-state index contributed by atoms with van der Waals surface area (Å²) in [6.45, 7) is 3.33. The SMILES string of the molecule is C=Nc1nnc(Cl)c2ccnn12. The van der Waals surface area contributed by atoms with E-state index in [2.05, 4.69) is 27.0 Å². The lowest BCUT2D eigenvalue weighted by Gasteiger charge is -1.96. The first kappa shape index (κ1) is 7.17. The third kappa shape index (κ3) is 0.868. The summed E-state index contributed by atoms with van der Waals surface area (Å²) in [4.78, 5) is 3.63. The topological polar surface area (TPSA) is 55.4 Å². The Morgan fingerprint density at radius 1 is 1.50 bits per heavy atom. The van der Waals surface area contributed by atoms with Gasteiger partial charge in [-0.1, -0.05) is 11.6 Å². The molecule has 0 amide bonds. The van der Waals surface area contributed by atoms with E-state index in [1.54, 1.807) is 12.3 Å². The van der Waals surface area contributed by atoms with E-state index in [1.165, 1.54) is 4.52 Å². The molecular formula is C6H4ClN5. The van der Waals surface area contributed by atoms with Crippen LogP contribution >= 0.6 is 11.6 Å². The Hall–Kier alpha value is -1.49. The van der Waals surface area contributed by atoms with Gasteiger partial charge in [0, 0.05) is 0 Å². The lowest BCUT2D eigenvalue weighted by molar-refractivity contribution is 0.866. The number of rotatable bonds is 1. The highest BCUT2D eigenvalue weighted by Gasteiger charge is 2.05. The van der Waals surface area contributed by atoms with Gasteiger partial charge in [0.2, 0.25) is 0 Å². The smallest absolute Gasteiger partial charge is 0.226 e. The molecule has 0 N–H and O–H groups in total. The molecule has 2 heterocycles. The lowest BCUT2D eigenvalue weighted by atomic mass is 10.5. The number of hydrogen-bond acceptors (Lipinski definition) is 4. The molecule has 0 aromatic carbocycles. The van der Waals surface area contributed by atoms with E-state index in [0.29, 0.717) is 16.6 Å². The van der Waals surface area contributed by atoms with Gasteiger partial charge in [-0.15, -0.1) is 10.2 Å². The van der Waals surface area contributed by atoms with Crippen LogP contribution < -0.4 is 0 Å². The van der Waals surface area contributed by atoms with Gasteiger partial charge in [0.15, 0.2) is 5.15 Å². The molecule has 0 spiro atoms. The highest BCUT2D eigenvalue weighted by atomic mass is 35.5. The van der Waals surface area contributed by atoms with Gasteiger partial charge in [0.1, 0.15) is 5.52 Å². The van der Waals surface area contributed by atoms with E-state index in [-0.39, 0.29) is 0 Å². The first-order valence-electron chi connectivity index (χ1n) is 3.15. The van der Waals surface area contributed by atoms with Crippen molar-refractivity contribution in [2.75, 3.05) is 0 Å². The molecule has 0 saturated carbocycles. The molecule has 0 aliphatic rings. The average Bonchev–Trinajstić information content (AvgIpc) is 2.54. The van der Waals surface area contributed by atoms with E-state index in [4.69, 9.17) is 11.6 Å². The van der Waals surface area contributed by atoms with Crippen LogP contribution in [0.3, 0.4) is 0 Å². The number of aliphatic imine (C=N–C) groups is 1. The predicted molar refractivity (Wildman–Crippen MR) is 45.0 cm³/mol. The second-order valence-corrected chi connectivity index (χ2v) is 2.44. The van der Waals surface area contributed by atoms with E-state index in [0.717, 1.165) is 0 Å². The summed E-state index contributed by atoms with van der Waals surface area (Å²) in [6.07, 6.45) is 1.60. The van der Waals surface area contributed by atoms with Crippen LogP contribution in [0, 0.1) is 0 Å². The van der Waals surface area contributed by atoms with Crippen molar-refractivity contribution in [3.8, 4) is 0 Å². The van der Waals surface area contributed by atoms with Crippen LogP contribution in [0.1, 0.15) is 0 Å². The maximum absolute atomic E-state index is 5.73. The minimum absolute atomic E-state index is 0.305. The second-order valence-electron chi connectivity index (χ2n) is 2.08. The zero-order chi connectivity index (χ0) is 8.55. The van der Waals surface area contributed by atoms with Crippen LogP contribution in [0.15, 0.2) is 17.3 Å². The van der Waals surface area contributed by atoms with Gasteiger partial charge >= 0.3 is 0 Å². The Morgan fingerprint density at radius 2 is 2.33 bits per heavy atom. The van der Waals surface area contributed by atoms with E-state index >= 15 is 0 Å². The maximum Gasteiger partial charge on any atom is 0.270 e. The summed E-state index contributed by atoms with van der Waals surface area (Å²) < 4.78 is 1.47. The van der Waals surface area contributed by atoms with Crippen LogP contribution in [0.2, 0.25) is 5.15 Å². The Morgan fingerprint density at radius 3 is 3.08 bits per heavy atom. The van der Waals surface area contributed by atoms with Crippen LogP contribution in [-0.2, 0) is 0 Å². The van der Waals surface area contributed by atoms with E-state index in [1.807, 2.05) is 0 Å². The fourth-order valence-electron chi connectivity index (χ4n) is 0.900. The van der Waals surface area contributed by atoms with E-state index in [9.17, 15) is 0 Å². The number of hydrogen-bond donors (Lipinski definition) is 0. The van der Waals surface area contributed by atoms with Crippen molar-refractivity contribution in [3.05, 3.63) is 17.4 Å². The van der Waals surface area contributed by atoms with Gasteiger partial charge in [-0.2, -0.15) is 9.61 Å². The highest BCUT2D eigenvalue weighted by molar-refractivity contribution is 6.32. The van der Waals surface area contributed by atoms with Crippen molar-refractivity contribution in [2.45, 2.75) is 0 Å². The number of aromatic nitrogens is 4. The molecule has 2 aromatic heterocycles. The number of nitrogens with zero attached hydrogens (tertiary/aromatic N) is 5. The Labute approximate surface area is 72.7 Å². The average molecular weight is 182 g/mol. The molecule has 2 aromatic rings. The summed E-state index contributed by atoms with van der Waals surface area (Å²) in [5.41, 5.74) is 0.675. The highest BCUT2D eigenvalue weighted by Crippen LogP contribution is 2.16. The monoisotopic (exact) mass is 181 g/mol. The van der Waals surface area contributed by atoms with Crippen molar-refractivity contribution < 1.29 is 0 Å². The Bertz CT molecular complexity index is 434. The molecule has 0 fully saturated rings. The fourth-order valence-corrected chi connectivity index (χ4v) is 1.08. The van der Waals surface area contributed by atoms with E-state index < -0.39 is 0 Å². The van der Waals surface area contributed by atoms with Crippen LogP contribution in [0.5, 0.6) is 0 Å². The molecule has 2 rings (SSSR count). The summed E-state index contributed by atoms with van der Waals surface area (Å²) in [6, 6.07) is 1.73. The standard InChI is InChI=1S/C6H4ClN5/c1-8-6-11-10-5(7)4-2-3-9-12(4)6/h2-3H,1H2. The number of fused-ring (bicyclic) bond motifs is 1. The summed E-state index contributed by atoms with van der Waals surface area (Å²) in [7, 11) is 0. The fraction of sp³-hybridized carbons (Fsp3) is 0. The van der Waals surface area contributed by atoms with Crippen molar-refractivity contribution in [1.82, 2.24) is 19.8 Å². The van der Waals surface area contributed by atoms with Gasteiger partial charge in [0.05, 0.1) is 6.20 Å². The molecule has 6 heteroatoms. The molecular weight excluding hydrogens is 178 g/mol. The maximum atomic E-state index is 5.73. The normalized spacial score (nSPS) is 10.4. The largest absolute Gasteiger partial charge is 0.270 e. The summed E-state index contributed by atoms with van der Waals surface area (Å²) >= 11 is 5.73. The van der Waals surface area contributed by atoms with Gasteiger partial charge in [-0.3, -0.25) is 0 Å². The van der Waals surface area contributed by atoms with Crippen LogP contribution in [0.4, 0.5) is 5.95 Å². The molecule has 60 valence electrons. The minimum Gasteiger partial charge on any atom is -0.226 e. The van der Waals surface area contributed by atoms with Crippen molar-refractivity contribution in [3.63, 3.8) is 0 Å². The molecule has 12 heavy (non-hydrogen) atoms. The van der Waals surface area contributed by atoms with Crippen LogP contribution in [0.25, 0.3) is 5.52 Å². The summed E-state index contributed by atoms with van der Waals surface area (Å²) in [5, 5.41) is 11.6. The predicted octanol–water partition coefficient (Wildman–Crippen LogP) is 1.11. The Kier molecular flexibility index (Phi) is 1.51. The Balaban J connectivity index is 2.91. The molecule has 5 nitrogen and oxygen atoms in total. The molecule has 0 saturated heterocycles. The molecule has 0 radical (unpaired) electrons. The molecule has 0 bridgehead atoms. The lowest BCUT2D eigenvalue weighted by Crippen LogP contribution is -1.94. The van der Waals surface area contributed by atoms with Gasteiger partial charge < -0.3 is 0 Å². The number of halogens is 1. The molecule has 0 aliphatic carbocycles. The van der Waals surface area contributed by atoms with Gasteiger partial charge in [-0.25, -0.2) is 4.99 Å².